The second-order valence-electron chi connectivity index (χ2n) is 5.55. The van der Waals surface area contributed by atoms with Gasteiger partial charge in [-0.3, -0.25) is 19.7 Å². The zero-order valence-electron chi connectivity index (χ0n) is 11.1. The summed E-state index contributed by atoms with van der Waals surface area (Å²) < 4.78 is 0. The fourth-order valence-corrected chi connectivity index (χ4v) is 2.89. The van der Waals surface area contributed by atoms with Gasteiger partial charge in [0.2, 0.25) is 17.7 Å². The predicted octanol–water partition coefficient (Wildman–Crippen LogP) is -0.231. The molecule has 2 atom stereocenters. The molecule has 106 valence electrons. The lowest BCUT2D eigenvalue weighted by Crippen LogP contribution is -2.53. The maximum Gasteiger partial charge on any atom is 0.246 e. The number of carbonyl (C=O) groups is 3. The van der Waals surface area contributed by atoms with Crippen LogP contribution in [0.25, 0.3) is 0 Å². The van der Waals surface area contributed by atoms with Crippen molar-refractivity contribution >= 4 is 17.7 Å². The molecule has 6 nitrogen and oxygen atoms in total. The number of hydrogen-bond donors (Lipinski definition) is 2. The molecule has 19 heavy (non-hydrogen) atoms. The molecule has 1 aliphatic heterocycles. The highest BCUT2D eigenvalue weighted by molar-refractivity contribution is 6.02. The molecule has 2 unspecified atom stereocenters. The molecule has 0 bridgehead atoms. The van der Waals surface area contributed by atoms with Gasteiger partial charge in [-0.05, 0) is 25.2 Å². The van der Waals surface area contributed by atoms with Crippen LogP contribution in [0, 0.1) is 5.92 Å². The van der Waals surface area contributed by atoms with E-state index in [9.17, 15) is 14.4 Å². The maximum atomic E-state index is 12.0. The summed E-state index contributed by atoms with van der Waals surface area (Å²) in [5, 5.41) is 2.19. The van der Waals surface area contributed by atoms with Gasteiger partial charge in [-0.25, -0.2) is 0 Å². The van der Waals surface area contributed by atoms with Gasteiger partial charge in [0, 0.05) is 12.5 Å². The minimum absolute atomic E-state index is 0.00520. The predicted molar refractivity (Wildman–Crippen MR) is 68.9 cm³/mol. The van der Waals surface area contributed by atoms with Gasteiger partial charge in [0.1, 0.15) is 13.1 Å². The number of nitrogens with one attached hydrogen (secondary N) is 1. The van der Waals surface area contributed by atoms with E-state index in [0.717, 1.165) is 32.1 Å². The number of rotatable bonds is 3. The van der Waals surface area contributed by atoms with Crippen LogP contribution in [0.15, 0.2) is 0 Å². The van der Waals surface area contributed by atoms with E-state index in [1.54, 1.807) is 0 Å². The molecule has 0 aromatic rings. The third-order valence-corrected chi connectivity index (χ3v) is 3.89. The Balaban J connectivity index is 1.77. The summed E-state index contributed by atoms with van der Waals surface area (Å²) in [7, 11) is 0. The quantitative estimate of drug-likeness (QED) is 0.691. The molecule has 1 heterocycles. The fourth-order valence-electron chi connectivity index (χ4n) is 2.89. The second kappa shape index (κ2) is 6.14. The van der Waals surface area contributed by atoms with Crippen molar-refractivity contribution in [3.63, 3.8) is 0 Å². The van der Waals surface area contributed by atoms with Crippen LogP contribution < -0.4 is 11.1 Å². The molecular formula is C13H21N3O3. The van der Waals surface area contributed by atoms with E-state index in [1.807, 2.05) is 0 Å². The zero-order valence-corrected chi connectivity index (χ0v) is 11.1. The summed E-state index contributed by atoms with van der Waals surface area (Å²) in [6.07, 6.45) is 5.51. The van der Waals surface area contributed by atoms with Crippen molar-refractivity contribution in [3.8, 4) is 0 Å². The molecular weight excluding hydrogens is 246 g/mol. The largest absolute Gasteiger partial charge is 0.328 e. The van der Waals surface area contributed by atoms with Gasteiger partial charge in [-0.15, -0.1) is 0 Å². The lowest BCUT2D eigenvalue weighted by atomic mass is 9.83. The standard InChI is InChI=1S/C13H21N3O3/c14-10-3-1-2-9(6-10)4-5-13(19)16-7-11(17)15-12(18)8-16/h9-10H,1-8,14H2,(H,15,17,18). The molecule has 2 aliphatic rings. The Morgan fingerprint density at radius 1 is 1.26 bits per heavy atom. The van der Waals surface area contributed by atoms with E-state index in [0.29, 0.717) is 12.3 Å². The number of imide groups is 1. The molecule has 2 rings (SSSR count). The van der Waals surface area contributed by atoms with Gasteiger partial charge in [-0.1, -0.05) is 12.8 Å². The highest BCUT2D eigenvalue weighted by atomic mass is 16.2. The highest BCUT2D eigenvalue weighted by Gasteiger charge is 2.27. The topological polar surface area (TPSA) is 92.5 Å². The Labute approximate surface area is 112 Å². The molecule has 6 heteroatoms. The third kappa shape index (κ3) is 4.02. The third-order valence-electron chi connectivity index (χ3n) is 3.89. The maximum absolute atomic E-state index is 12.0. The number of nitrogens with zero attached hydrogens (tertiary/aromatic N) is 1. The van der Waals surface area contributed by atoms with Crippen molar-refractivity contribution in [2.45, 2.75) is 44.6 Å². The normalized spacial score (nSPS) is 28.2. The number of hydrogen-bond acceptors (Lipinski definition) is 4. The summed E-state index contributed by atoms with van der Waals surface area (Å²) in [6.45, 7) is -0.0104. The van der Waals surface area contributed by atoms with Crippen LogP contribution in [0.1, 0.15) is 38.5 Å². The lowest BCUT2D eigenvalue weighted by molar-refractivity contribution is -0.145. The van der Waals surface area contributed by atoms with Gasteiger partial charge in [0.15, 0.2) is 0 Å². The van der Waals surface area contributed by atoms with Crippen LogP contribution in [0.3, 0.4) is 0 Å². The van der Waals surface area contributed by atoms with Gasteiger partial charge >= 0.3 is 0 Å². The summed E-state index contributed by atoms with van der Waals surface area (Å²) in [5.41, 5.74) is 5.92. The fraction of sp³-hybridized carbons (Fsp3) is 0.769. The van der Waals surface area contributed by atoms with E-state index in [-0.39, 0.29) is 25.0 Å². The van der Waals surface area contributed by atoms with Crippen molar-refractivity contribution in [2.75, 3.05) is 13.1 Å². The summed E-state index contributed by atoms with van der Waals surface area (Å²) in [6, 6.07) is 0.260. The molecule has 1 saturated heterocycles. The minimum Gasteiger partial charge on any atom is -0.328 e. The van der Waals surface area contributed by atoms with Crippen molar-refractivity contribution in [2.24, 2.45) is 11.7 Å². The van der Waals surface area contributed by atoms with Crippen LogP contribution in [0.2, 0.25) is 0 Å². The molecule has 0 radical (unpaired) electrons. The van der Waals surface area contributed by atoms with Gasteiger partial charge in [-0.2, -0.15) is 0 Å². The summed E-state index contributed by atoms with van der Waals surface area (Å²) >= 11 is 0. The van der Waals surface area contributed by atoms with Crippen LogP contribution in [-0.2, 0) is 14.4 Å². The minimum atomic E-state index is -0.399. The molecule has 2 fully saturated rings. The average molecular weight is 267 g/mol. The first-order valence-corrected chi connectivity index (χ1v) is 6.90. The molecule has 0 aromatic carbocycles. The monoisotopic (exact) mass is 267 g/mol. The SMILES string of the molecule is NC1CCCC(CCC(=O)N2CC(=O)NC(=O)C2)C1. The van der Waals surface area contributed by atoms with E-state index < -0.39 is 11.8 Å². The number of carbonyl (C=O) groups excluding carboxylic acids is 3. The lowest BCUT2D eigenvalue weighted by Gasteiger charge is -2.28. The van der Waals surface area contributed by atoms with E-state index in [4.69, 9.17) is 5.73 Å². The highest BCUT2D eigenvalue weighted by Crippen LogP contribution is 2.27. The van der Waals surface area contributed by atoms with Gasteiger partial charge in [0.05, 0.1) is 0 Å². The van der Waals surface area contributed by atoms with E-state index >= 15 is 0 Å². The van der Waals surface area contributed by atoms with Crippen LogP contribution in [-0.4, -0.2) is 41.8 Å². The smallest absolute Gasteiger partial charge is 0.246 e. The number of amides is 3. The number of piperazine rings is 1. The van der Waals surface area contributed by atoms with E-state index in [1.165, 1.54) is 4.90 Å². The first-order chi connectivity index (χ1) is 9.04. The molecule has 1 aliphatic carbocycles. The van der Waals surface area contributed by atoms with Crippen molar-refractivity contribution in [1.82, 2.24) is 10.2 Å². The summed E-state index contributed by atoms with van der Waals surface area (Å²) in [4.78, 5) is 35.7. The van der Waals surface area contributed by atoms with Crippen LogP contribution in [0.4, 0.5) is 0 Å². The number of nitrogens with two attached hydrogens (primary N) is 1. The molecule has 3 amide bonds. The zero-order chi connectivity index (χ0) is 13.8. The van der Waals surface area contributed by atoms with Crippen molar-refractivity contribution in [3.05, 3.63) is 0 Å². The Bertz CT molecular complexity index is 367. The Hall–Kier alpha value is -1.43. The second-order valence-corrected chi connectivity index (χ2v) is 5.55. The molecule has 0 spiro atoms. The van der Waals surface area contributed by atoms with Gasteiger partial charge in [0.25, 0.3) is 0 Å². The van der Waals surface area contributed by atoms with Crippen LogP contribution in [0.5, 0.6) is 0 Å². The van der Waals surface area contributed by atoms with Crippen molar-refractivity contribution < 1.29 is 14.4 Å². The first-order valence-electron chi connectivity index (χ1n) is 6.90. The molecule has 0 aromatic heterocycles. The Morgan fingerprint density at radius 3 is 2.58 bits per heavy atom. The average Bonchev–Trinajstić information content (AvgIpc) is 2.35. The molecule has 3 N–H and O–H groups in total. The van der Waals surface area contributed by atoms with Gasteiger partial charge < -0.3 is 10.6 Å². The Kier molecular flexibility index (Phi) is 4.52. The van der Waals surface area contributed by atoms with Crippen LogP contribution >= 0.6 is 0 Å². The Morgan fingerprint density at radius 2 is 1.95 bits per heavy atom. The molecule has 1 saturated carbocycles. The summed E-state index contributed by atoms with van der Waals surface area (Å²) in [5.74, 6) is -0.405. The van der Waals surface area contributed by atoms with E-state index in [2.05, 4.69) is 5.32 Å². The van der Waals surface area contributed by atoms with Crippen molar-refractivity contribution in [1.29, 1.82) is 0 Å². The first kappa shape index (κ1) is 14.0.